The summed E-state index contributed by atoms with van der Waals surface area (Å²) in [4.78, 5) is 47.5. The molecule has 32 heteroatoms. The molecule has 2 aliphatic carbocycles. The number of ether oxygens (including phenoxy) is 12. The number of amides is 2. The highest BCUT2D eigenvalue weighted by Crippen LogP contribution is 2.55. The first-order valence-corrected chi connectivity index (χ1v) is 64.0. The van der Waals surface area contributed by atoms with Crippen LogP contribution in [0.1, 0.15) is 200 Å². The van der Waals surface area contributed by atoms with Crippen LogP contribution in [0, 0.1) is 40.8 Å². The smallest absolute Gasteiger partial charge is 0.407 e. The van der Waals surface area contributed by atoms with Gasteiger partial charge in [0, 0.05) is 127 Å². The Morgan fingerprint density at radius 3 is 1.28 bits per heavy atom. The van der Waals surface area contributed by atoms with Crippen LogP contribution in [0.25, 0.3) is 31.9 Å². The molecule has 7 unspecified atom stereocenters. The van der Waals surface area contributed by atoms with E-state index in [2.05, 4.69) is 220 Å². The summed E-state index contributed by atoms with van der Waals surface area (Å²) in [6.07, 6.45) is 1.05. The number of hydrogen-bond donors (Lipinski definition) is 5. The maximum absolute atomic E-state index is 14.8. The fourth-order valence-corrected chi connectivity index (χ4v) is 28.8. The van der Waals surface area contributed by atoms with E-state index in [-0.39, 0.29) is 83.8 Å². The summed E-state index contributed by atoms with van der Waals surface area (Å²) in [5.74, 6) is 4.63. The van der Waals surface area contributed by atoms with Crippen molar-refractivity contribution in [3.8, 4) is 91.2 Å². The van der Waals surface area contributed by atoms with Crippen LogP contribution in [-0.4, -0.2) is 243 Å². The van der Waals surface area contributed by atoms with Crippen molar-refractivity contribution < 1.29 is 94.3 Å². The van der Waals surface area contributed by atoms with Crippen LogP contribution in [0.4, 0.5) is 9.59 Å². The quantitative estimate of drug-likeness (QED) is 0.0135. The molecule has 3 aliphatic heterocycles. The molecule has 0 aromatic heterocycles. The molecule has 150 heavy (non-hydrogen) atoms. The van der Waals surface area contributed by atoms with Gasteiger partial charge in [-0.25, -0.2) is 32.5 Å². The molecule has 0 saturated carbocycles. The SMILES string of the molecule is [C-]#[N+]C(C(Cc1cc(O)c(OC)c(C)c1OC)N=CC(Cc1cc(O[Si](C)(C)C(C)(C)C)c(OC)c(C)c1OC)NC(=O)OCC1c2ccccc2-c2ccccc21)N1CCO[C@@H](CCO[Si](C)(C(C)C)C(C)C)C1.[C-]#[N+]C(C1Cc2c(OC)c(C)c(OC)c(O)c2C(C(Cc2cc(O[Si](C)(C)C(C)(C)C)c(OC)c(C)c2OC)NC(=O)OCC2c3ccccc3-c3ccccc32)N1)N1CCO[C@@H](CCO[Si](C)(C(C)C)C(C)C)C1. The highest BCUT2D eigenvalue weighted by atomic mass is 28.4. The van der Waals surface area contributed by atoms with Crippen molar-refractivity contribution in [2.75, 3.05) is 123 Å². The maximum atomic E-state index is 14.8. The lowest BCUT2D eigenvalue weighted by Crippen LogP contribution is -2.59. The zero-order valence-electron chi connectivity index (χ0n) is 95.0. The molecule has 8 aromatic rings. The lowest BCUT2D eigenvalue weighted by Gasteiger charge is -2.42. The molecule has 0 radical (unpaired) electrons. The second-order valence-electron chi connectivity index (χ2n) is 45.3. The van der Waals surface area contributed by atoms with Gasteiger partial charge in [-0.2, -0.15) is 0 Å². The molecule has 13 rings (SSSR count). The third kappa shape index (κ3) is 25.8. The van der Waals surface area contributed by atoms with E-state index in [1.54, 1.807) is 54.9 Å². The maximum Gasteiger partial charge on any atom is 0.407 e. The Morgan fingerprint density at radius 1 is 0.500 bits per heavy atom. The number of carbonyl (C=O) groups excluding carboxylic acids is 2. The molecule has 3 heterocycles. The third-order valence-corrected chi connectivity index (χ3v) is 52.7. The first-order valence-electron chi connectivity index (χ1n) is 53.1. The van der Waals surface area contributed by atoms with Crippen molar-refractivity contribution in [1.82, 2.24) is 25.8 Å². The second-order valence-corrected chi connectivity index (χ2v) is 64.6. The van der Waals surface area contributed by atoms with Gasteiger partial charge in [0.25, 0.3) is 22.8 Å². The number of methoxy groups -OCH3 is 8. The minimum absolute atomic E-state index is 0.0508. The van der Waals surface area contributed by atoms with Gasteiger partial charge in [0.15, 0.2) is 51.1 Å². The molecule has 2 amide bonds. The van der Waals surface area contributed by atoms with Crippen molar-refractivity contribution in [1.29, 1.82) is 0 Å². The lowest BCUT2D eigenvalue weighted by molar-refractivity contribution is -0.0506. The van der Waals surface area contributed by atoms with Gasteiger partial charge in [0.1, 0.15) is 59.8 Å². The van der Waals surface area contributed by atoms with Gasteiger partial charge in [0.05, 0.1) is 100 Å². The first-order chi connectivity index (χ1) is 71.1. The number of nitrogens with zero attached hydrogens (tertiary/aromatic N) is 5. The van der Waals surface area contributed by atoms with Crippen LogP contribution in [0.3, 0.4) is 0 Å². The average Bonchev–Trinajstić information content (AvgIpc) is 1.50. The summed E-state index contributed by atoms with van der Waals surface area (Å²) >= 11 is 0. The summed E-state index contributed by atoms with van der Waals surface area (Å²) in [6.45, 7) is 74.2. The summed E-state index contributed by atoms with van der Waals surface area (Å²) in [6, 6.07) is 34.8. The number of phenols is 2. The minimum Gasteiger partial charge on any atom is -0.541 e. The lowest BCUT2D eigenvalue weighted by atomic mass is 9.81. The standard InChI is InChI=1S/2C59H84N4O10Si2/c1-35(2)75(17,36(3)4)72-28-26-40-33-63(27-29-70-40)57(60-10)48-32-45-50(52(64)56(69-14)38(6)54(45)67-12)51(61-48)47(30-39-31-49(73-74(15,16)59(7,8)9)55(68-13)37(5)53(39)66-11)62-58(65)71-34-46-43-24-20-18-22-41(43)42-23-19-21-25-44(42)46;1-37(2)75(17,38(3)4)72-28-26-44-35-63(27-29-70-44)57(60-10)50(31-42-32-51(64)55(68-13)39(5)53(42)66-11)61-34-43(30-41-33-52(73-74(15,16)59(7,8)9)56(69-14)40(6)54(41)67-12)62-58(65)71-36-49-47-24-20-18-22-45(47)46-23-19-21-25-48(46)49/h18-25,31,35-36,40,46-48,51,57,61,64H,26-30,32-34H2,1-9,11-17H3,(H,62,65);18-25,32-34,37-38,43-44,49-50,57,64H,26-31,35-36H2,1-9,11-17H3,(H,62,65)/t40-,47?,48?,51?,57?;43?,44-,50?,57?/m00/s1. The highest BCUT2D eigenvalue weighted by Gasteiger charge is 2.50. The number of aromatic hydroxyl groups is 2. The molecule has 2 fully saturated rings. The largest absolute Gasteiger partial charge is 0.541 e. The summed E-state index contributed by atoms with van der Waals surface area (Å²) < 4.78 is 101. The van der Waals surface area contributed by atoms with Crippen molar-refractivity contribution in [2.45, 2.75) is 301 Å². The molecule has 0 bridgehead atoms. The van der Waals surface area contributed by atoms with Crippen molar-refractivity contribution in [3.63, 3.8) is 0 Å². The number of aliphatic imine (C=N–C) groups is 1. The number of morpholine rings is 2. The number of fused-ring (bicyclic) bond motifs is 7. The average molecular weight is 2130 g/mol. The van der Waals surface area contributed by atoms with Crippen LogP contribution in [0.2, 0.25) is 71.5 Å². The Bertz CT molecular complexity index is 6020. The number of nitrogens with one attached hydrogen (secondary N) is 3. The van der Waals surface area contributed by atoms with Gasteiger partial charge in [-0.1, -0.05) is 194 Å². The molecule has 2 saturated heterocycles. The van der Waals surface area contributed by atoms with E-state index in [1.807, 2.05) is 88.4 Å². The number of carbonyl (C=O) groups is 2. The fraction of sp³-hybridized carbons (Fsp3) is 0.551. The summed E-state index contributed by atoms with van der Waals surface area (Å²) in [5.41, 5.74) is 16.8. The number of hydrogen-bond acceptors (Lipinski definition) is 24. The molecule has 816 valence electrons. The highest BCUT2D eigenvalue weighted by molar-refractivity contribution is 6.76. The van der Waals surface area contributed by atoms with E-state index in [4.69, 9.17) is 92.7 Å². The normalized spacial score (nSPS) is 17.7. The van der Waals surface area contributed by atoms with E-state index in [9.17, 15) is 19.8 Å². The Balaban J connectivity index is 0.000000266. The summed E-state index contributed by atoms with van der Waals surface area (Å²) in [5, 5.41) is 33.9. The van der Waals surface area contributed by atoms with E-state index in [0.717, 1.165) is 72.3 Å². The van der Waals surface area contributed by atoms with Crippen LogP contribution in [0.15, 0.2) is 120 Å². The van der Waals surface area contributed by atoms with E-state index in [1.165, 1.54) is 14.2 Å². The Kier molecular flexibility index (Phi) is 39.5. The molecular weight excluding hydrogens is 1960 g/mol. The molecule has 0 spiro atoms. The number of benzene rings is 8. The molecule has 9 atom stereocenters. The van der Waals surface area contributed by atoms with Crippen LogP contribution in [0.5, 0.6) is 69.0 Å². The van der Waals surface area contributed by atoms with Gasteiger partial charge >= 0.3 is 18.4 Å². The molecular formula is C118H168N8O20Si4. The van der Waals surface area contributed by atoms with Crippen molar-refractivity contribution >= 4 is 51.7 Å². The first kappa shape index (κ1) is 118. The van der Waals surface area contributed by atoms with E-state index >= 15 is 0 Å². The Labute approximate surface area is 896 Å². The van der Waals surface area contributed by atoms with Crippen LogP contribution >= 0.6 is 0 Å². The topological polar surface area (TPSA) is 286 Å². The van der Waals surface area contributed by atoms with E-state index < -0.39 is 88.0 Å². The number of alkyl carbamates (subject to hydrolysis) is 2. The minimum atomic E-state index is -2.42. The zero-order valence-corrected chi connectivity index (χ0v) is 99.0. The van der Waals surface area contributed by atoms with Gasteiger partial charge in [-0.3, -0.25) is 20.0 Å². The van der Waals surface area contributed by atoms with E-state index in [0.29, 0.717) is 168 Å². The number of rotatable bonds is 43. The number of phenolic OH excluding ortho intramolecular Hbond substituents is 2. The van der Waals surface area contributed by atoms with Crippen molar-refractivity contribution in [3.05, 3.63) is 210 Å². The van der Waals surface area contributed by atoms with Gasteiger partial charge in [-0.15, -0.1) is 0 Å². The fourth-order valence-electron chi connectivity index (χ4n) is 21.7. The molecule has 8 aromatic carbocycles. The van der Waals surface area contributed by atoms with Gasteiger partial charge < -0.3 is 95.4 Å². The van der Waals surface area contributed by atoms with Crippen LogP contribution in [-0.2, 0) is 53.5 Å². The third-order valence-electron chi connectivity index (χ3n) is 33.2. The Hall–Kier alpha value is -10.9. The zero-order chi connectivity index (χ0) is 110. The predicted molar refractivity (Wildman–Crippen MR) is 605 cm³/mol. The molecule has 5 N–H and O–H groups in total. The predicted octanol–water partition coefficient (Wildman–Crippen LogP) is 24.2. The molecule has 28 nitrogen and oxygen atoms in total. The van der Waals surface area contributed by atoms with Crippen molar-refractivity contribution in [2.24, 2.45) is 4.99 Å². The van der Waals surface area contributed by atoms with Crippen LogP contribution < -0.4 is 62.7 Å². The Morgan fingerprint density at radius 2 is 0.880 bits per heavy atom. The monoisotopic (exact) mass is 2130 g/mol. The second kappa shape index (κ2) is 50.4. The van der Waals surface area contributed by atoms with Gasteiger partial charge in [-0.05, 0) is 181 Å². The van der Waals surface area contributed by atoms with Gasteiger partial charge in [0.2, 0.25) is 0 Å². The summed E-state index contributed by atoms with van der Waals surface area (Å²) in [7, 11) is 3.93. The molecule has 5 aliphatic rings.